The van der Waals surface area contributed by atoms with Gasteiger partial charge in [-0.25, -0.2) is 14.4 Å². The van der Waals surface area contributed by atoms with Gasteiger partial charge in [0.1, 0.15) is 22.8 Å². The van der Waals surface area contributed by atoms with Gasteiger partial charge in [-0.1, -0.05) is 12.1 Å². The summed E-state index contributed by atoms with van der Waals surface area (Å²) in [6, 6.07) is 13.6. The van der Waals surface area contributed by atoms with Crippen molar-refractivity contribution in [2.75, 3.05) is 5.32 Å². The summed E-state index contributed by atoms with van der Waals surface area (Å²) in [5.41, 5.74) is 3.34. The number of halogens is 1. The van der Waals surface area contributed by atoms with Crippen molar-refractivity contribution in [3.05, 3.63) is 71.6 Å². The molecule has 0 unspecified atom stereocenters. The van der Waals surface area contributed by atoms with Gasteiger partial charge in [0.15, 0.2) is 5.78 Å². The molecule has 6 heteroatoms. The second kappa shape index (κ2) is 6.65. The minimum Gasteiger partial charge on any atom is -0.340 e. The van der Waals surface area contributed by atoms with Crippen LogP contribution in [0.3, 0.4) is 0 Å². The largest absolute Gasteiger partial charge is 0.340 e. The topological polar surface area (TPSA) is 54.9 Å². The van der Waals surface area contributed by atoms with Gasteiger partial charge in [-0.05, 0) is 48.9 Å². The Bertz CT molecular complexity index is 1090. The van der Waals surface area contributed by atoms with Gasteiger partial charge in [-0.3, -0.25) is 4.79 Å². The Labute approximate surface area is 153 Å². The van der Waals surface area contributed by atoms with Crippen LogP contribution in [0.5, 0.6) is 0 Å². The molecule has 0 atom stereocenters. The summed E-state index contributed by atoms with van der Waals surface area (Å²) in [6.07, 6.45) is 1.51. The van der Waals surface area contributed by atoms with Gasteiger partial charge in [0.05, 0.1) is 5.39 Å². The van der Waals surface area contributed by atoms with E-state index in [1.165, 1.54) is 36.7 Å². The molecule has 0 spiro atoms. The van der Waals surface area contributed by atoms with Crippen molar-refractivity contribution in [2.45, 2.75) is 6.92 Å². The molecule has 2 heterocycles. The van der Waals surface area contributed by atoms with Crippen molar-refractivity contribution in [3.63, 3.8) is 0 Å². The minimum atomic E-state index is -0.270. The fourth-order valence-electron chi connectivity index (χ4n) is 2.74. The third-order valence-electron chi connectivity index (χ3n) is 4.08. The first-order valence-electron chi connectivity index (χ1n) is 7.98. The summed E-state index contributed by atoms with van der Waals surface area (Å²) in [6.45, 7) is 1.54. The van der Waals surface area contributed by atoms with Crippen LogP contribution in [-0.4, -0.2) is 15.8 Å². The van der Waals surface area contributed by atoms with Crippen molar-refractivity contribution in [1.29, 1.82) is 0 Å². The first kappa shape index (κ1) is 16.4. The Balaban J connectivity index is 1.76. The number of Topliss-reactive ketones (excluding diaryl/α,β-unsaturated/α-hetero) is 1. The van der Waals surface area contributed by atoms with Gasteiger partial charge in [0.25, 0.3) is 0 Å². The van der Waals surface area contributed by atoms with E-state index in [1.54, 1.807) is 24.3 Å². The molecule has 0 saturated heterocycles. The van der Waals surface area contributed by atoms with Gasteiger partial charge in [-0.2, -0.15) is 0 Å². The first-order valence-corrected chi connectivity index (χ1v) is 8.86. The predicted molar refractivity (Wildman–Crippen MR) is 103 cm³/mol. The summed E-state index contributed by atoms with van der Waals surface area (Å²) in [5.74, 6) is 0.428. The normalized spacial score (nSPS) is 10.8. The lowest BCUT2D eigenvalue weighted by Gasteiger charge is -2.09. The number of anilines is 2. The lowest BCUT2D eigenvalue weighted by atomic mass is 10.1. The average Bonchev–Trinajstić information content (AvgIpc) is 3.08. The highest BCUT2D eigenvalue weighted by molar-refractivity contribution is 7.17. The highest BCUT2D eigenvalue weighted by Crippen LogP contribution is 2.37. The lowest BCUT2D eigenvalue weighted by molar-refractivity contribution is 0.101. The van der Waals surface area contributed by atoms with Crippen LogP contribution in [0, 0.1) is 5.82 Å². The van der Waals surface area contributed by atoms with Crippen LogP contribution in [-0.2, 0) is 0 Å². The van der Waals surface area contributed by atoms with E-state index in [2.05, 4.69) is 15.3 Å². The van der Waals surface area contributed by atoms with E-state index in [1.807, 2.05) is 17.5 Å². The zero-order chi connectivity index (χ0) is 18.1. The molecule has 0 aliphatic heterocycles. The van der Waals surface area contributed by atoms with E-state index in [-0.39, 0.29) is 11.6 Å². The maximum atomic E-state index is 13.2. The molecule has 4 aromatic rings. The highest BCUT2D eigenvalue weighted by Gasteiger charge is 2.13. The summed E-state index contributed by atoms with van der Waals surface area (Å²) in [4.78, 5) is 21.0. The number of hydrogen-bond acceptors (Lipinski definition) is 5. The summed E-state index contributed by atoms with van der Waals surface area (Å²) in [7, 11) is 0. The van der Waals surface area contributed by atoms with Crippen molar-refractivity contribution >= 4 is 38.8 Å². The van der Waals surface area contributed by atoms with Crippen molar-refractivity contribution in [2.24, 2.45) is 0 Å². The van der Waals surface area contributed by atoms with Gasteiger partial charge < -0.3 is 5.32 Å². The number of nitrogens with zero attached hydrogens (tertiary/aromatic N) is 2. The number of ketones is 1. The molecule has 1 N–H and O–H groups in total. The number of fused-ring (bicyclic) bond motifs is 1. The van der Waals surface area contributed by atoms with Crippen LogP contribution in [0.25, 0.3) is 21.3 Å². The molecule has 0 aliphatic rings. The second-order valence-corrected chi connectivity index (χ2v) is 6.68. The smallest absolute Gasteiger partial charge is 0.159 e. The fraction of sp³-hybridized carbons (Fsp3) is 0.0500. The Morgan fingerprint density at radius 2 is 1.77 bits per heavy atom. The molecule has 128 valence electrons. The molecule has 0 fully saturated rings. The molecule has 4 rings (SSSR count). The molecule has 0 radical (unpaired) electrons. The molecular weight excluding hydrogens is 349 g/mol. The maximum absolute atomic E-state index is 13.2. The number of rotatable bonds is 4. The molecule has 2 aromatic carbocycles. The van der Waals surface area contributed by atoms with Gasteiger partial charge in [0.2, 0.25) is 0 Å². The van der Waals surface area contributed by atoms with Crippen molar-refractivity contribution in [3.8, 4) is 11.1 Å². The molecule has 0 amide bonds. The predicted octanol–water partition coefficient (Wildman–Crippen LogP) is 5.44. The zero-order valence-electron chi connectivity index (χ0n) is 13.9. The first-order chi connectivity index (χ1) is 12.6. The Morgan fingerprint density at radius 1 is 1.04 bits per heavy atom. The fourth-order valence-corrected chi connectivity index (χ4v) is 3.65. The van der Waals surface area contributed by atoms with Crippen LogP contribution in [0.1, 0.15) is 17.3 Å². The van der Waals surface area contributed by atoms with Crippen LogP contribution < -0.4 is 5.32 Å². The van der Waals surface area contributed by atoms with E-state index in [0.717, 1.165) is 27.0 Å². The molecule has 4 nitrogen and oxygen atoms in total. The Hall–Kier alpha value is -3.12. The monoisotopic (exact) mass is 363 g/mol. The van der Waals surface area contributed by atoms with Crippen LogP contribution in [0.4, 0.5) is 15.9 Å². The number of hydrogen-bond donors (Lipinski definition) is 1. The average molecular weight is 363 g/mol. The molecule has 0 bridgehead atoms. The molecule has 0 aliphatic carbocycles. The third kappa shape index (κ3) is 3.07. The Morgan fingerprint density at radius 3 is 2.46 bits per heavy atom. The maximum Gasteiger partial charge on any atom is 0.159 e. The molecule has 26 heavy (non-hydrogen) atoms. The molecule has 2 aromatic heterocycles. The number of benzene rings is 2. The van der Waals surface area contributed by atoms with Crippen LogP contribution >= 0.6 is 11.3 Å². The number of nitrogens with one attached hydrogen (secondary N) is 1. The number of carbonyl (C=O) groups excluding carboxylic acids is 1. The second-order valence-electron chi connectivity index (χ2n) is 5.82. The van der Waals surface area contributed by atoms with E-state index in [9.17, 15) is 9.18 Å². The summed E-state index contributed by atoms with van der Waals surface area (Å²) < 4.78 is 13.2. The van der Waals surface area contributed by atoms with E-state index in [4.69, 9.17) is 0 Å². The van der Waals surface area contributed by atoms with Gasteiger partial charge in [-0.15, -0.1) is 11.3 Å². The van der Waals surface area contributed by atoms with Gasteiger partial charge in [0, 0.05) is 22.2 Å². The number of thiophene rings is 1. The molecular formula is C20H14FN3OS. The molecule has 0 saturated carbocycles. The SMILES string of the molecule is CC(=O)c1ccc(Nc2ncnc3scc(-c4ccc(F)cc4)c23)cc1. The van der Waals surface area contributed by atoms with Crippen LogP contribution in [0.15, 0.2) is 60.2 Å². The summed E-state index contributed by atoms with van der Waals surface area (Å²) >= 11 is 1.51. The Kier molecular flexibility index (Phi) is 4.18. The quantitative estimate of drug-likeness (QED) is 0.490. The third-order valence-corrected chi connectivity index (χ3v) is 4.97. The van der Waals surface area contributed by atoms with Crippen LogP contribution in [0.2, 0.25) is 0 Å². The standard InChI is InChI=1S/C20H14FN3OS/c1-12(25)13-4-8-16(9-5-13)24-19-18-17(10-26-20(18)23-11-22-19)14-2-6-15(21)7-3-14/h2-11H,1H3,(H,22,23,24). The lowest BCUT2D eigenvalue weighted by Crippen LogP contribution is -1.97. The zero-order valence-corrected chi connectivity index (χ0v) is 14.7. The van der Waals surface area contributed by atoms with E-state index >= 15 is 0 Å². The number of carbonyl (C=O) groups is 1. The van der Waals surface area contributed by atoms with E-state index in [0.29, 0.717) is 11.4 Å². The number of aromatic nitrogens is 2. The minimum absolute atomic E-state index is 0.0254. The van der Waals surface area contributed by atoms with Crippen molar-refractivity contribution < 1.29 is 9.18 Å². The van der Waals surface area contributed by atoms with Gasteiger partial charge >= 0.3 is 0 Å². The van der Waals surface area contributed by atoms with Crippen molar-refractivity contribution in [1.82, 2.24) is 9.97 Å². The summed E-state index contributed by atoms with van der Waals surface area (Å²) in [5, 5.41) is 6.18. The van der Waals surface area contributed by atoms with E-state index < -0.39 is 0 Å². The highest BCUT2D eigenvalue weighted by atomic mass is 32.1.